The monoisotopic (exact) mass is 202 g/mol. The molecule has 0 aliphatic carbocycles. The van der Waals surface area contributed by atoms with E-state index in [0.29, 0.717) is 12.6 Å². The zero-order chi connectivity index (χ0) is 11.6. The van der Waals surface area contributed by atoms with Crippen LogP contribution < -0.4 is 0 Å². The molecule has 0 aliphatic heterocycles. The van der Waals surface area contributed by atoms with E-state index in [0.717, 1.165) is 12.1 Å². The molecule has 14 heavy (non-hydrogen) atoms. The molecule has 0 aromatic carbocycles. The van der Waals surface area contributed by atoms with Crippen LogP contribution in [0.15, 0.2) is 5.16 Å². The third-order valence-corrected chi connectivity index (χ3v) is 1.82. The minimum absolute atomic E-state index is 0.522. The summed E-state index contributed by atoms with van der Waals surface area (Å²) in [6, 6.07) is 0.522. The van der Waals surface area contributed by atoms with Gasteiger partial charge in [0.2, 0.25) is 0 Å². The van der Waals surface area contributed by atoms with Crippen LogP contribution in [0, 0.1) is 0 Å². The predicted octanol–water partition coefficient (Wildman–Crippen LogP) is 2.77. The van der Waals surface area contributed by atoms with Crippen molar-refractivity contribution in [3.05, 3.63) is 0 Å². The highest BCUT2D eigenvalue weighted by atomic mass is 16.6. The average Bonchev–Trinajstić information content (AvgIpc) is 2.17. The van der Waals surface area contributed by atoms with E-state index in [4.69, 9.17) is 4.84 Å². The van der Waals surface area contributed by atoms with Crippen LogP contribution in [-0.2, 0) is 4.84 Å². The number of hydrogen-bond acceptors (Lipinski definition) is 3. The van der Waals surface area contributed by atoms with Crippen LogP contribution in [0.1, 0.15) is 41.0 Å². The highest BCUT2D eigenvalue weighted by Gasteiger charge is 2.05. The Morgan fingerprint density at radius 1 is 1.36 bits per heavy atom. The molecule has 0 saturated heterocycles. The van der Waals surface area contributed by atoms with E-state index in [1.807, 2.05) is 27.7 Å². The maximum atomic E-state index is 4.95. The minimum atomic E-state index is 0.522. The summed E-state index contributed by atoms with van der Waals surface area (Å²) in [6.07, 6.45) is 0.965. The number of nitrogens with zero attached hydrogens (tertiary/aromatic N) is 2. The molecule has 0 saturated carbocycles. The first-order chi connectivity index (χ1) is 6.57. The lowest BCUT2D eigenvalue weighted by Crippen LogP contribution is -2.26. The Labute approximate surface area is 89.1 Å². The van der Waals surface area contributed by atoms with E-state index in [1.54, 1.807) is 0 Å². The van der Waals surface area contributed by atoms with Crippen molar-refractivity contribution in [1.82, 2.24) is 4.90 Å². The highest BCUT2D eigenvalue weighted by molar-refractivity contribution is 5.81. The van der Waals surface area contributed by atoms with E-state index in [1.165, 1.54) is 0 Å². The first-order valence-electron chi connectivity index (χ1n) is 5.39. The molecule has 1 atom stereocenters. The second kappa shape index (κ2) is 10.5. The van der Waals surface area contributed by atoms with Gasteiger partial charge in [0, 0.05) is 12.5 Å². The van der Waals surface area contributed by atoms with Crippen molar-refractivity contribution in [3.8, 4) is 0 Å². The molecule has 3 nitrogen and oxygen atoms in total. The lowest BCUT2D eigenvalue weighted by Gasteiger charge is -2.18. The standard InChI is InChI=1S/C9H20N2O.C2H6/c1-6-12-10-8(2)7-9(3)11(4)5;1-2/h9H,6-7H2,1-5H3;1-2H3/b10-8-;. The Hall–Kier alpha value is -0.570. The summed E-state index contributed by atoms with van der Waals surface area (Å²) in [5.41, 5.74) is 1.05. The maximum Gasteiger partial charge on any atom is 0.114 e. The SMILES string of the molecule is CC.CCO/N=C(/C)CC(C)N(C)C. The Kier molecular flexibility index (Phi) is 11.9. The van der Waals surface area contributed by atoms with Crippen molar-refractivity contribution >= 4 is 5.71 Å². The summed E-state index contributed by atoms with van der Waals surface area (Å²) < 4.78 is 0. The number of rotatable bonds is 5. The second-order valence-electron chi connectivity index (χ2n) is 3.26. The maximum absolute atomic E-state index is 4.95. The van der Waals surface area contributed by atoms with E-state index in [2.05, 4.69) is 31.1 Å². The number of hydrogen-bond donors (Lipinski definition) is 0. The van der Waals surface area contributed by atoms with Gasteiger partial charge in [-0.15, -0.1) is 0 Å². The molecule has 86 valence electrons. The number of oxime groups is 1. The largest absolute Gasteiger partial charge is 0.396 e. The quantitative estimate of drug-likeness (QED) is 0.506. The van der Waals surface area contributed by atoms with Gasteiger partial charge in [0.15, 0.2) is 0 Å². The van der Waals surface area contributed by atoms with Gasteiger partial charge in [0.25, 0.3) is 0 Å². The van der Waals surface area contributed by atoms with Gasteiger partial charge in [-0.1, -0.05) is 19.0 Å². The van der Waals surface area contributed by atoms with E-state index in [-0.39, 0.29) is 0 Å². The summed E-state index contributed by atoms with van der Waals surface area (Å²) in [6.45, 7) is 10.8. The van der Waals surface area contributed by atoms with Gasteiger partial charge in [-0.25, -0.2) is 0 Å². The lowest BCUT2D eigenvalue weighted by atomic mass is 10.1. The lowest BCUT2D eigenvalue weighted by molar-refractivity contribution is 0.157. The summed E-state index contributed by atoms with van der Waals surface area (Å²) in [5, 5.41) is 3.96. The van der Waals surface area contributed by atoms with Gasteiger partial charge in [-0.05, 0) is 34.9 Å². The Morgan fingerprint density at radius 2 is 1.86 bits per heavy atom. The molecule has 0 rings (SSSR count). The molecular weight excluding hydrogens is 176 g/mol. The molecule has 0 bridgehead atoms. The zero-order valence-corrected chi connectivity index (χ0v) is 10.8. The fourth-order valence-corrected chi connectivity index (χ4v) is 0.822. The normalized spacial score (nSPS) is 13.3. The molecule has 0 aromatic rings. The zero-order valence-electron chi connectivity index (χ0n) is 10.8. The summed E-state index contributed by atoms with van der Waals surface area (Å²) in [7, 11) is 4.14. The van der Waals surface area contributed by atoms with Crippen LogP contribution in [0.4, 0.5) is 0 Å². The Bertz CT molecular complexity index is 144. The van der Waals surface area contributed by atoms with Crippen molar-refractivity contribution in [2.45, 2.75) is 47.1 Å². The van der Waals surface area contributed by atoms with Gasteiger partial charge >= 0.3 is 0 Å². The van der Waals surface area contributed by atoms with Crippen molar-refractivity contribution in [2.24, 2.45) is 5.16 Å². The van der Waals surface area contributed by atoms with Crippen LogP contribution in [0.5, 0.6) is 0 Å². The molecular formula is C11H26N2O. The van der Waals surface area contributed by atoms with Gasteiger partial charge in [0.05, 0.1) is 5.71 Å². The van der Waals surface area contributed by atoms with E-state index >= 15 is 0 Å². The Balaban J connectivity index is 0. The molecule has 0 amide bonds. The second-order valence-corrected chi connectivity index (χ2v) is 3.26. The summed E-state index contributed by atoms with van der Waals surface area (Å²) >= 11 is 0. The predicted molar refractivity (Wildman–Crippen MR) is 63.8 cm³/mol. The van der Waals surface area contributed by atoms with Crippen molar-refractivity contribution in [1.29, 1.82) is 0 Å². The van der Waals surface area contributed by atoms with Crippen LogP contribution in [0.3, 0.4) is 0 Å². The van der Waals surface area contributed by atoms with Gasteiger partial charge in [0.1, 0.15) is 6.61 Å². The summed E-state index contributed by atoms with van der Waals surface area (Å²) in [5.74, 6) is 0. The van der Waals surface area contributed by atoms with Crippen molar-refractivity contribution in [2.75, 3.05) is 20.7 Å². The smallest absolute Gasteiger partial charge is 0.114 e. The Morgan fingerprint density at radius 3 is 2.21 bits per heavy atom. The topological polar surface area (TPSA) is 24.8 Å². The molecule has 3 heteroatoms. The molecule has 0 fully saturated rings. The van der Waals surface area contributed by atoms with Crippen molar-refractivity contribution in [3.63, 3.8) is 0 Å². The van der Waals surface area contributed by atoms with E-state index in [9.17, 15) is 0 Å². The van der Waals surface area contributed by atoms with E-state index < -0.39 is 0 Å². The third kappa shape index (κ3) is 9.52. The first-order valence-corrected chi connectivity index (χ1v) is 5.39. The van der Waals surface area contributed by atoms with Crippen LogP contribution in [0.2, 0.25) is 0 Å². The first kappa shape index (κ1) is 15.9. The minimum Gasteiger partial charge on any atom is -0.396 e. The van der Waals surface area contributed by atoms with Gasteiger partial charge < -0.3 is 9.74 Å². The molecule has 0 spiro atoms. The van der Waals surface area contributed by atoms with Crippen molar-refractivity contribution < 1.29 is 4.84 Å². The van der Waals surface area contributed by atoms with Gasteiger partial charge in [-0.3, -0.25) is 0 Å². The molecule has 0 N–H and O–H groups in total. The molecule has 0 radical (unpaired) electrons. The van der Waals surface area contributed by atoms with Crippen LogP contribution >= 0.6 is 0 Å². The molecule has 0 heterocycles. The van der Waals surface area contributed by atoms with Crippen LogP contribution in [-0.4, -0.2) is 37.4 Å². The van der Waals surface area contributed by atoms with Crippen LogP contribution in [0.25, 0.3) is 0 Å². The highest BCUT2D eigenvalue weighted by Crippen LogP contribution is 2.00. The average molecular weight is 202 g/mol. The third-order valence-electron chi connectivity index (χ3n) is 1.82. The summed E-state index contributed by atoms with van der Waals surface area (Å²) in [4.78, 5) is 7.12. The fourth-order valence-electron chi connectivity index (χ4n) is 0.822. The molecule has 1 unspecified atom stereocenters. The molecule has 0 aliphatic rings. The molecule has 0 aromatic heterocycles. The fraction of sp³-hybridized carbons (Fsp3) is 0.909. The van der Waals surface area contributed by atoms with Gasteiger partial charge in [-0.2, -0.15) is 0 Å².